The molecule has 2 N–H and O–H groups in total. The minimum atomic E-state index is -0.174. The average Bonchev–Trinajstić information content (AvgIpc) is 3.26. The van der Waals surface area contributed by atoms with Crippen molar-refractivity contribution < 1.29 is 9.59 Å². The predicted octanol–water partition coefficient (Wildman–Crippen LogP) is 5.38. The molecule has 1 aromatic heterocycles. The Morgan fingerprint density at radius 1 is 1.22 bits per heavy atom. The lowest BCUT2D eigenvalue weighted by molar-refractivity contribution is 0.0939. The number of carbonyl (C=O) groups excluding carboxylic acids is 2. The van der Waals surface area contributed by atoms with Gasteiger partial charge in [-0.3, -0.25) is 9.59 Å². The summed E-state index contributed by atoms with van der Waals surface area (Å²) in [7, 11) is 0. The predicted molar refractivity (Wildman–Crippen MR) is 131 cm³/mol. The van der Waals surface area contributed by atoms with E-state index >= 15 is 0 Å². The number of aryl methyl sites for hydroxylation is 1. The third-order valence-electron chi connectivity index (χ3n) is 5.94. The van der Waals surface area contributed by atoms with Crippen LogP contribution in [0.4, 0.5) is 5.69 Å². The van der Waals surface area contributed by atoms with E-state index in [1.165, 1.54) is 11.3 Å². The molecule has 2 heterocycles. The molecule has 0 spiro atoms. The summed E-state index contributed by atoms with van der Waals surface area (Å²) >= 11 is 1.45. The molecule has 4 rings (SSSR count). The largest absolute Gasteiger partial charge is 0.384 e. The fourth-order valence-corrected chi connectivity index (χ4v) is 4.74. The first-order valence-electron chi connectivity index (χ1n) is 10.7. The van der Waals surface area contributed by atoms with Crippen LogP contribution < -0.4 is 10.6 Å². The maximum absolute atomic E-state index is 13.0. The number of hydrogen-bond donors (Lipinski definition) is 2. The topological polar surface area (TPSA) is 82.0 Å². The summed E-state index contributed by atoms with van der Waals surface area (Å²) in [5.41, 5.74) is 4.49. The Bertz CT molecular complexity index is 1190. The SMILES string of the molecule is Cc1ccc(NC2CB(C#N)C2)cc1C(=O)NC(C)c1cccc(-c2ccc(C=O)s2)c1. The molecule has 5 nitrogen and oxygen atoms in total. The normalized spacial score (nSPS) is 14.2. The Kier molecular flexibility index (Phi) is 6.43. The Morgan fingerprint density at radius 2 is 2.03 bits per heavy atom. The lowest BCUT2D eigenvalue weighted by Crippen LogP contribution is -2.40. The van der Waals surface area contributed by atoms with Crippen molar-refractivity contribution in [2.45, 2.75) is 38.6 Å². The van der Waals surface area contributed by atoms with E-state index in [9.17, 15) is 9.59 Å². The number of benzene rings is 2. The second-order valence-corrected chi connectivity index (χ2v) is 9.42. The molecule has 3 aromatic rings. The van der Waals surface area contributed by atoms with Crippen molar-refractivity contribution >= 4 is 35.9 Å². The number of thiophene rings is 1. The summed E-state index contributed by atoms with van der Waals surface area (Å²) in [6.07, 6.45) is 2.55. The number of nitrogens with zero attached hydrogens (tertiary/aromatic N) is 1. The Balaban J connectivity index is 1.45. The molecular formula is C25H24BN3O2S. The lowest BCUT2D eigenvalue weighted by Gasteiger charge is -2.30. The van der Waals surface area contributed by atoms with E-state index in [1.807, 2.05) is 62.4 Å². The summed E-state index contributed by atoms with van der Waals surface area (Å²) in [4.78, 5) is 25.8. The van der Waals surface area contributed by atoms with Crippen molar-refractivity contribution in [3.05, 3.63) is 76.2 Å². The molecule has 1 aliphatic rings. The van der Waals surface area contributed by atoms with Gasteiger partial charge in [-0.05, 0) is 73.5 Å². The quantitative estimate of drug-likeness (QED) is 0.381. The smallest absolute Gasteiger partial charge is 0.271 e. The van der Waals surface area contributed by atoms with Crippen LogP contribution in [0.2, 0.25) is 12.6 Å². The standard InChI is InChI=1S/C25H24BN3O2S/c1-16-6-7-20(29-21-12-26(13-21)15-27)11-23(16)25(31)28-17(2)18-4-3-5-19(10-18)24-9-8-22(14-30)32-24/h3-11,14,17,21,29H,12-13H2,1-2H3,(H,28,31). The second-order valence-electron chi connectivity index (χ2n) is 8.31. The van der Waals surface area contributed by atoms with E-state index in [1.54, 1.807) is 0 Å². The number of carbonyl (C=O) groups is 2. The number of hydrogen-bond acceptors (Lipinski definition) is 5. The van der Waals surface area contributed by atoms with Gasteiger partial charge >= 0.3 is 0 Å². The second kappa shape index (κ2) is 9.41. The monoisotopic (exact) mass is 441 g/mol. The number of nitrogens with one attached hydrogen (secondary N) is 2. The van der Waals surface area contributed by atoms with Gasteiger partial charge in [0.05, 0.1) is 10.9 Å². The number of anilines is 1. The zero-order valence-corrected chi connectivity index (χ0v) is 18.9. The molecule has 0 aliphatic carbocycles. The summed E-state index contributed by atoms with van der Waals surface area (Å²) in [5.74, 6) is 2.17. The van der Waals surface area contributed by atoms with Crippen molar-refractivity contribution in [3.63, 3.8) is 0 Å². The maximum atomic E-state index is 13.0. The minimum Gasteiger partial charge on any atom is -0.384 e. The van der Waals surface area contributed by atoms with E-state index in [-0.39, 0.29) is 24.7 Å². The summed E-state index contributed by atoms with van der Waals surface area (Å²) in [6.45, 7) is 4.04. The van der Waals surface area contributed by atoms with E-state index in [4.69, 9.17) is 5.26 Å². The van der Waals surface area contributed by atoms with Crippen LogP contribution in [0.3, 0.4) is 0 Å². The Morgan fingerprint density at radius 3 is 2.75 bits per heavy atom. The average molecular weight is 441 g/mol. The van der Waals surface area contributed by atoms with Crippen molar-refractivity contribution in [1.82, 2.24) is 5.32 Å². The number of rotatable bonds is 7. The van der Waals surface area contributed by atoms with Crippen LogP contribution >= 0.6 is 11.3 Å². The third-order valence-corrected chi connectivity index (χ3v) is 7.00. The van der Waals surface area contributed by atoms with E-state index in [2.05, 4.69) is 22.7 Å². The van der Waals surface area contributed by atoms with Crippen LogP contribution in [0, 0.1) is 18.2 Å². The highest BCUT2D eigenvalue weighted by Crippen LogP contribution is 2.30. The van der Waals surface area contributed by atoms with Crippen molar-refractivity contribution in [2.24, 2.45) is 0 Å². The van der Waals surface area contributed by atoms with Gasteiger partial charge < -0.3 is 10.6 Å². The fraction of sp³-hybridized carbons (Fsp3) is 0.240. The molecule has 1 saturated heterocycles. The van der Waals surface area contributed by atoms with Gasteiger partial charge in [0, 0.05) is 28.1 Å². The van der Waals surface area contributed by atoms with Crippen LogP contribution in [-0.4, -0.2) is 24.9 Å². The van der Waals surface area contributed by atoms with Crippen molar-refractivity contribution in [2.75, 3.05) is 5.32 Å². The molecule has 0 bridgehead atoms. The highest BCUT2D eigenvalue weighted by atomic mass is 32.1. The summed E-state index contributed by atoms with van der Waals surface area (Å²) < 4.78 is 0. The molecule has 1 fully saturated rings. The first-order valence-corrected chi connectivity index (χ1v) is 11.5. The van der Waals surface area contributed by atoms with Gasteiger partial charge in [0.15, 0.2) is 6.29 Å². The summed E-state index contributed by atoms with van der Waals surface area (Å²) in [6, 6.07) is 17.7. The Labute approximate surface area is 192 Å². The number of amides is 1. The molecule has 32 heavy (non-hydrogen) atoms. The molecule has 1 unspecified atom stereocenters. The van der Waals surface area contributed by atoms with Crippen LogP contribution in [0.25, 0.3) is 10.4 Å². The van der Waals surface area contributed by atoms with Crippen LogP contribution in [0.15, 0.2) is 54.6 Å². The molecule has 1 amide bonds. The van der Waals surface area contributed by atoms with E-state index in [0.29, 0.717) is 10.4 Å². The highest BCUT2D eigenvalue weighted by molar-refractivity contribution is 7.17. The molecule has 1 atom stereocenters. The molecule has 1 aliphatic heterocycles. The van der Waals surface area contributed by atoms with Gasteiger partial charge in [0.2, 0.25) is 0 Å². The van der Waals surface area contributed by atoms with Gasteiger partial charge in [-0.25, -0.2) is 5.26 Å². The zero-order chi connectivity index (χ0) is 22.7. The first-order chi connectivity index (χ1) is 15.5. The van der Waals surface area contributed by atoms with Gasteiger partial charge in [-0.15, -0.1) is 11.3 Å². The van der Waals surface area contributed by atoms with E-state index in [0.717, 1.165) is 46.2 Å². The number of aldehydes is 1. The zero-order valence-electron chi connectivity index (χ0n) is 18.1. The van der Waals surface area contributed by atoms with Crippen LogP contribution in [0.1, 0.15) is 44.1 Å². The highest BCUT2D eigenvalue weighted by Gasteiger charge is 2.33. The lowest BCUT2D eigenvalue weighted by atomic mass is 9.34. The minimum absolute atomic E-state index is 0.119. The van der Waals surface area contributed by atoms with Crippen LogP contribution in [0.5, 0.6) is 0 Å². The van der Waals surface area contributed by atoms with Gasteiger partial charge in [-0.1, -0.05) is 24.3 Å². The molecular weight excluding hydrogens is 417 g/mol. The molecule has 7 heteroatoms. The van der Waals surface area contributed by atoms with Crippen LogP contribution in [-0.2, 0) is 0 Å². The maximum Gasteiger partial charge on any atom is 0.271 e. The van der Waals surface area contributed by atoms with Gasteiger partial charge in [0.25, 0.3) is 12.6 Å². The Hall–Kier alpha value is -3.37. The molecule has 0 saturated carbocycles. The van der Waals surface area contributed by atoms with Crippen molar-refractivity contribution in [3.8, 4) is 16.4 Å². The van der Waals surface area contributed by atoms with Crippen molar-refractivity contribution in [1.29, 1.82) is 5.26 Å². The van der Waals surface area contributed by atoms with Gasteiger partial charge in [-0.2, -0.15) is 0 Å². The first kappa shape index (κ1) is 21.9. The van der Waals surface area contributed by atoms with Gasteiger partial charge in [0.1, 0.15) is 0 Å². The molecule has 0 radical (unpaired) electrons. The number of nitriles is 1. The summed E-state index contributed by atoms with van der Waals surface area (Å²) in [5, 5.41) is 15.5. The third kappa shape index (κ3) is 4.76. The fourth-order valence-electron chi connectivity index (χ4n) is 3.92. The molecule has 2 aromatic carbocycles. The molecule has 160 valence electrons. The van der Waals surface area contributed by atoms with E-state index < -0.39 is 0 Å².